The fourth-order valence-electron chi connectivity index (χ4n) is 1.87. The summed E-state index contributed by atoms with van der Waals surface area (Å²) in [6.07, 6.45) is 0.699. The predicted molar refractivity (Wildman–Crippen MR) is 72.4 cm³/mol. The van der Waals surface area contributed by atoms with Crippen LogP contribution in [0.15, 0.2) is 41.8 Å². The molecule has 1 aromatic heterocycles. The minimum Gasteiger partial charge on any atom is -0.197 e. The fourth-order valence-corrected chi connectivity index (χ4v) is 3.07. The molecule has 86 valence electrons. The zero-order chi connectivity index (χ0) is 12.3. The third-order valence-electron chi connectivity index (χ3n) is 2.82. The molecule has 0 saturated carbocycles. The van der Waals surface area contributed by atoms with E-state index in [-0.39, 0.29) is 0 Å². The van der Waals surface area contributed by atoms with E-state index in [1.807, 2.05) is 42.6 Å². The Morgan fingerprint density at radius 2 is 2.06 bits per heavy atom. The van der Waals surface area contributed by atoms with Crippen molar-refractivity contribution >= 4 is 22.9 Å². The Hall–Kier alpha value is -1.30. The molecule has 17 heavy (non-hydrogen) atoms. The summed E-state index contributed by atoms with van der Waals surface area (Å²) in [4.78, 5) is 1.20. The third kappa shape index (κ3) is 2.52. The Bertz CT molecular complexity index is 542. The second-order valence-corrected chi connectivity index (χ2v) is 5.62. The van der Waals surface area contributed by atoms with Crippen LogP contribution in [0.4, 0.5) is 0 Å². The Morgan fingerprint density at radius 1 is 1.29 bits per heavy atom. The fraction of sp³-hybridized carbons (Fsp3) is 0.214. The van der Waals surface area contributed by atoms with Crippen molar-refractivity contribution in [1.82, 2.24) is 0 Å². The summed E-state index contributed by atoms with van der Waals surface area (Å²) in [5.41, 5.74) is 0.334. The minimum absolute atomic E-state index is 0.566. The summed E-state index contributed by atoms with van der Waals surface area (Å²) in [5.74, 6) is 0. The highest BCUT2D eigenvalue weighted by Crippen LogP contribution is 2.33. The molecular weight excluding hydrogens is 250 g/mol. The predicted octanol–water partition coefficient (Wildman–Crippen LogP) is 4.43. The van der Waals surface area contributed by atoms with Gasteiger partial charge in [-0.15, -0.1) is 11.3 Å². The molecule has 1 atom stereocenters. The molecule has 0 radical (unpaired) electrons. The van der Waals surface area contributed by atoms with Crippen LogP contribution in [0.2, 0.25) is 5.02 Å². The van der Waals surface area contributed by atoms with Gasteiger partial charge in [-0.05, 0) is 30.0 Å². The summed E-state index contributed by atoms with van der Waals surface area (Å²) in [7, 11) is 0. The minimum atomic E-state index is -0.566. The van der Waals surface area contributed by atoms with E-state index in [0.717, 1.165) is 5.56 Å². The molecule has 0 aliphatic carbocycles. The van der Waals surface area contributed by atoms with Crippen LogP contribution >= 0.6 is 22.9 Å². The Morgan fingerprint density at radius 3 is 2.65 bits per heavy atom. The number of rotatable bonds is 3. The van der Waals surface area contributed by atoms with Crippen molar-refractivity contribution in [2.24, 2.45) is 0 Å². The maximum absolute atomic E-state index is 9.46. The van der Waals surface area contributed by atoms with E-state index in [9.17, 15) is 5.26 Å². The first kappa shape index (κ1) is 12.2. The molecule has 1 heterocycles. The number of nitriles is 1. The van der Waals surface area contributed by atoms with E-state index < -0.39 is 5.41 Å². The van der Waals surface area contributed by atoms with E-state index in [1.54, 1.807) is 11.3 Å². The lowest BCUT2D eigenvalue weighted by Crippen LogP contribution is -2.22. The molecule has 1 nitrogen and oxygen atoms in total. The molecular formula is C14H12ClNS. The van der Waals surface area contributed by atoms with Crippen LogP contribution in [-0.2, 0) is 11.8 Å². The van der Waals surface area contributed by atoms with Crippen LogP contribution in [0.1, 0.15) is 17.4 Å². The van der Waals surface area contributed by atoms with E-state index in [4.69, 9.17) is 11.6 Å². The van der Waals surface area contributed by atoms with Gasteiger partial charge in [0, 0.05) is 16.3 Å². The summed E-state index contributed by atoms with van der Waals surface area (Å²) < 4.78 is 0. The Kier molecular flexibility index (Phi) is 3.51. The van der Waals surface area contributed by atoms with E-state index >= 15 is 0 Å². The highest BCUT2D eigenvalue weighted by molar-refractivity contribution is 7.09. The van der Waals surface area contributed by atoms with Gasteiger partial charge in [0.25, 0.3) is 0 Å². The van der Waals surface area contributed by atoms with Crippen molar-refractivity contribution in [3.63, 3.8) is 0 Å². The van der Waals surface area contributed by atoms with Crippen LogP contribution in [-0.4, -0.2) is 0 Å². The van der Waals surface area contributed by atoms with Crippen LogP contribution in [0.5, 0.6) is 0 Å². The lowest BCUT2D eigenvalue weighted by atomic mass is 9.80. The third-order valence-corrected chi connectivity index (χ3v) is 4.03. The lowest BCUT2D eigenvalue weighted by molar-refractivity contribution is 0.612. The second kappa shape index (κ2) is 4.91. The highest BCUT2D eigenvalue weighted by Gasteiger charge is 2.29. The number of halogens is 1. The van der Waals surface area contributed by atoms with Gasteiger partial charge in [0.05, 0.1) is 11.5 Å². The van der Waals surface area contributed by atoms with Gasteiger partial charge < -0.3 is 0 Å². The molecule has 0 fully saturated rings. The zero-order valence-electron chi connectivity index (χ0n) is 9.48. The molecule has 0 amide bonds. The molecule has 2 aromatic rings. The van der Waals surface area contributed by atoms with Crippen LogP contribution in [0.3, 0.4) is 0 Å². The maximum Gasteiger partial charge on any atom is 0.0856 e. The van der Waals surface area contributed by atoms with E-state index in [0.29, 0.717) is 11.4 Å². The van der Waals surface area contributed by atoms with Crippen molar-refractivity contribution in [3.05, 3.63) is 57.2 Å². The molecule has 0 N–H and O–H groups in total. The average Bonchev–Trinajstić information content (AvgIpc) is 2.82. The first-order chi connectivity index (χ1) is 8.15. The molecule has 0 bridgehead atoms. The second-order valence-electron chi connectivity index (χ2n) is 4.18. The quantitative estimate of drug-likeness (QED) is 0.802. The highest BCUT2D eigenvalue weighted by atomic mass is 35.5. The van der Waals surface area contributed by atoms with Crippen molar-refractivity contribution in [1.29, 1.82) is 5.26 Å². The smallest absolute Gasteiger partial charge is 0.0856 e. The molecule has 2 rings (SSSR count). The summed E-state index contributed by atoms with van der Waals surface area (Å²) in [6.45, 7) is 1.94. The standard InChI is InChI=1S/C14H12ClNS/c1-14(10-16,9-11-5-4-8-17-11)12-6-2-3-7-13(12)15/h2-8H,9H2,1H3. The van der Waals surface area contributed by atoms with E-state index in [2.05, 4.69) is 12.1 Å². The number of hydrogen-bond acceptors (Lipinski definition) is 2. The number of hydrogen-bond donors (Lipinski definition) is 0. The normalized spacial score (nSPS) is 13.9. The van der Waals surface area contributed by atoms with Crippen molar-refractivity contribution in [2.45, 2.75) is 18.8 Å². The zero-order valence-corrected chi connectivity index (χ0v) is 11.1. The monoisotopic (exact) mass is 261 g/mol. The summed E-state index contributed by atoms with van der Waals surface area (Å²) >= 11 is 7.85. The molecule has 0 aliphatic rings. The topological polar surface area (TPSA) is 23.8 Å². The first-order valence-electron chi connectivity index (χ1n) is 5.34. The lowest BCUT2D eigenvalue weighted by Gasteiger charge is -2.22. The van der Waals surface area contributed by atoms with Gasteiger partial charge in [-0.2, -0.15) is 5.26 Å². The molecule has 0 spiro atoms. The maximum atomic E-state index is 9.46. The van der Waals surface area contributed by atoms with Crippen molar-refractivity contribution < 1.29 is 0 Å². The summed E-state index contributed by atoms with van der Waals surface area (Å²) in [6, 6.07) is 14.0. The molecule has 0 aliphatic heterocycles. The molecule has 0 saturated heterocycles. The van der Waals surface area contributed by atoms with Gasteiger partial charge in [0.2, 0.25) is 0 Å². The van der Waals surface area contributed by atoms with E-state index in [1.165, 1.54) is 4.88 Å². The number of thiophene rings is 1. The van der Waals surface area contributed by atoms with Gasteiger partial charge in [-0.25, -0.2) is 0 Å². The van der Waals surface area contributed by atoms with Gasteiger partial charge in [-0.3, -0.25) is 0 Å². The van der Waals surface area contributed by atoms with Crippen molar-refractivity contribution in [3.8, 4) is 6.07 Å². The Balaban J connectivity index is 2.39. The SMILES string of the molecule is CC(C#N)(Cc1cccs1)c1ccccc1Cl. The summed E-state index contributed by atoms with van der Waals surface area (Å²) in [5, 5.41) is 12.1. The number of nitrogens with zero attached hydrogens (tertiary/aromatic N) is 1. The molecule has 1 unspecified atom stereocenters. The van der Waals surface area contributed by atoms with Crippen molar-refractivity contribution in [2.75, 3.05) is 0 Å². The van der Waals surface area contributed by atoms with Crippen LogP contribution in [0, 0.1) is 11.3 Å². The van der Waals surface area contributed by atoms with Gasteiger partial charge >= 0.3 is 0 Å². The molecule has 1 aromatic carbocycles. The largest absolute Gasteiger partial charge is 0.197 e. The number of benzene rings is 1. The van der Waals surface area contributed by atoms with Gasteiger partial charge in [0.15, 0.2) is 0 Å². The van der Waals surface area contributed by atoms with Gasteiger partial charge in [-0.1, -0.05) is 35.9 Å². The first-order valence-corrected chi connectivity index (χ1v) is 6.60. The Labute approximate surface area is 110 Å². The molecule has 3 heteroatoms. The van der Waals surface area contributed by atoms with Gasteiger partial charge in [0.1, 0.15) is 0 Å². The van der Waals surface area contributed by atoms with Crippen LogP contribution in [0.25, 0.3) is 0 Å². The average molecular weight is 262 g/mol. The van der Waals surface area contributed by atoms with Crippen LogP contribution < -0.4 is 0 Å².